The number of aromatic nitrogens is 2. The van der Waals surface area contributed by atoms with Gasteiger partial charge in [0, 0.05) is 12.7 Å². The minimum Gasteiger partial charge on any atom is -0.366 e. The molecule has 1 aromatic heterocycles. The SMILES string of the molecule is NCc1ccc(-n2cc(C(N)=O)cn2)c(Cl)c1. The van der Waals surface area contributed by atoms with Crippen LogP contribution >= 0.6 is 11.6 Å². The molecule has 0 unspecified atom stereocenters. The minimum absolute atomic E-state index is 0.337. The van der Waals surface area contributed by atoms with E-state index in [2.05, 4.69) is 5.10 Å². The van der Waals surface area contributed by atoms with Gasteiger partial charge in [-0.05, 0) is 17.7 Å². The molecular formula is C11H11ClN4O. The number of carbonyl (C=O) groups excluding carboxylic acids is 1. The Labute approximate surface area is 103 Å². The molecule has 4 N–H and O–H groups in total. The second-order valence-corrected chi connectivity index (χ2v) is 3.93. The van der Waals surface area contributed by atoms with Gasteiger partial charge in [-0.15, -0.1) is 0 Å². The van der Waals surface area contributed by atoms with Crippen LogP contribution < -0.4 is 11.5 Å². The number of hydrogen-bond donors (Lipinski definition) is 2. The smallest absolute Gasteiger partial charge is 0.251 e. The Balaban J connectivity index is 2.42. The molecule has 0 aliphatic heterocycles. The van der Waals surface area contributed by atoms with Crippen molar-refractivity contribution in [2.45, 2.75) is 6.54 Å². The zero-order valence-electron chi connectivity index (χ0n) is 8.93. The molecule has 0 aliphatic rings. The molecule has 17 heavy (non-hydrogen) atoms. The van der Waals surface area contributed by atoms with Gasteiger partial charge in [-0.25, -0.2) is 4.68 Å². The van der Waals surface area contributed by atoms with Crippen molar-refractivity contribution in [1.82, 2.24) is 9.78 Å². The molecule has 1 amide bonds. The highest BCUT2D eigenvalue weighted by molar-refractivity contribution is 6.32. The summed E-state index contributed by atoms with van der Waals surface area (Å²) in [6.07, 6.45) is 2.93. The van der Waals surface area contributed by atoms with Gasteiger partial charge in [0.05, 0.1) is 22.5 Å². The highest BCUT2D eigenvalue weighted by atomic mass is 35.5. The van der Waals surface area contributed by atoms with Gasteiger partial charge in [-0.3, -0.25) is 4.79 Å². The summed E-state index contributed by atoms with van der Waals surface area (Å²) < 4.78 is 1.50. The monoisotopic (exact) mass is 250 g/mol. The van der Waals surface area contributed by atoms with Crippen LogP contribution in [0.25, 0.3) is 5.69 Å². The highest BCUT2D eigenvalue weighted by Gasteiger charge is 2.08. The molecule has 0 bridgehead atoms. The lowest BCUT2D eigenvalue weighted by molar-refractivity contribution is 0.100. The topological polar surface area (TPSA) is 86.9 Å². The number of hydrogen-bond acceptors (Lipinski definition) is 3. The molecule has 0 saturated heterocycles. The fourth-order valence-electron chi connectivity index (χ4n) is 1.44. The van der Waals surface area contributed by atoms with Crippen LogP contribution in [0.3, 0.4) is 0 Å². The summed E-state index contributed by atoms with van der Waals surface area (Å²) in [7, 11) is 0. The van der Waals surface area contributed by atoms with Crippen LogP contribution in [0.1, 0.15) is 15.9 Å². The first-order valence-corrected chi connectivity index (χ1v) is 5.33. The van der Waals surface area contributed by atoms with Gasteiger partial charge in [0.15, 0.2) is 0 Å². The number of nitrogens with zero attached hydrogens (tertiary/aromatic N) is 2. The lowest BCUT2D eigenvalue weighted by atomic mass is 10.2. The molecule has 6 heteroatoms. The second-order valence-electron chi connectivity index (χ2n) is 3.53. The quantitative estimate of drug-likeness (QED) is 0.855. The Morgan fingerprint density at radius 3 is 2.76 bits per heavy atom. The van der Waals surface area contributed by atoms with Crippen molar-refractivity contribution in [3.8, 4) is 5.69 Å². The van der Waals surface area contributed by atoms with Gasteiger partial charge in [0.1, 0.15) is 0 Å². The van der Waals surface area contributed by atoms with E-state index in [1.807, 2.05) is 6.07 Å². The summed E-state index contributed by atoms with van der Waals surface area (Å²) in [6, 6.07) is 5.41. The molecule has 0 fully saturated rings. The van der Waals surface area contributed by atoms with Crippen LogP contribution in [-0.4, -0.2) is 15.7 Å². The number of halogens is 1. The van der Waals surface area contributed by atoms with Crippen LogP contribution in [0, 0.1) is 0 Å². The molecule has 2 rings (SSSR count). The Morgan fingerprint density at radius 1 is 1.47 bits per heavy atom. The van der Waals surface area contributed by atoms with Gasteiger partial charge in [-0.2, -0.15) is 5.10 Å². The van der Waals surface area contributed by atoms with Crippen molar-refractivity contribution >= 4 is 17.5 Å². The first-order valence-electron chi connectivity index (χ1n) is 4.95. The summed E-state index contributed by atoms with van der Waals surface area (Å²) in [6.45, 7) is 0.422. The van der Waals surface area contributed by atoms with Crippen LogP contribution in [-0.2, 0) is 6.54 Å². The van der Waals surface area contributed by atoms with Crippen molar-refractivity contribution in [1.29, 1.82) is 0 Å². The standard InChI is InChI=1S/C11H11ClN4O/c12-9-3-7(4-13)1-2-10(9)16-6-8(5-15-16)11(14)17/h1-3,5-6H,4,13H2,(H2,14,17). The minimum atomic E-state index is -0.522. The van der Waals surface area contributed by atoms with E-state index in [1.165, 1.54) is 17.1 Å². The number of nitrogens with two attached hydrogens (primary N) is 2. The van der Waals surface area contributed by atoms with Crippen LogP contribution in [0.5, 0.6) is 0 Å². The first kappa shape index (κ1) is 11.6. The number of benzene rings is 1. The Bertz CT molecular complexity index is 564. The number of primary amides is 1. The molecule has 1 heterocycles. The third-order valence-electron chi connectivity index (χ3n) is 2.36. The van der Waals surface area contributed by atoms with Gasteiger partial charge in [0.2, 0.25) is 0 Å². The molecule has 5 nitrogen and oxygen atoms in total. The Kier molecular flexibility index (Phi) is 3.12. The van der Waals surface area contributed by atoms with Crippen molar-refractivity contribution in [3.63, 3.8) is 0 Å². The molecule has 0 saturated carbocycles. The summed E-state index contributed by atoms with van der Waals surface area (Å²) in [5.74, 6) is -0.522. The van der Waals surface area contributed by atoms with Crippen molar-refractivity contribution in [3.05, 3.63) is 46.7 Å². The van der Waals surface area contributed by atoms with E-state index < -0.39 is 5.91 Å². The van der Waals surface area contributed by atoms with Gasteiger partial charge in [0.25, 0.3) is 5.91 Å². The zero-order chi connectivity index (χ0) is 12.4. The van der Waals surface area contributed by atoms with Gasteiger partial charge in [-0.1, -0.05) is 17.7 Å². The molecule has 1 aromatic carbocycles. The van der Waals surface area contributed by atoms with E-state index in [0.29, 0.717) is 22.8 Å². The Hall–Kier alpha value is -1.85. The maximum absolute atomic E-state index is 11.0. The van der Waals surface area contributed by atoms with E-state index in [9.17, 15) is 4.79 Å². The van der Waals surface area contributed by atoms with Crippen molar-refractivity contribution in [2.75, 3.05) is 0 Å². The fourth-order valence-corrected chi connectivity index (χ4v) is 1.73. The molecule has 0 spiro atoms. The highest BCUT2D eigenvalue weighted by Crippen LogP contribution is 2.21. The van der Waals surface area contributed by atoms with Crippen LogP contribution in [0.15, 0.2) is 30.6 Å². The second kappa shape index (κ2) is 4.57. The molecular weight excluding hydrogens is 240 g/mol. The predicted molar refractivity (Wildman–Crippen MR) is 65.0 cm³/mol. The summed E-state index contributed by atoms with van der Waals surface area (Å²) in [5.41, 5.74) is 12.6. The normalized spacial score (nSPS) is 10.5. The molecule has 88 valence electrons. The summed E-state index contributed by atoms with van der Waals surface area (Å²) in [5, 5.41) is 4.54. The van der Waals surface area contributed by atoms with Gasteiger partial charge < -0.3 is 11.5 Å². The predicted octanol–water partition coefficient (Wildman–Crippen LogP) is 1.08. The van der Waals surface area contributed by atoms with Crippen molar-refractivity contribution in [2.24, 2.45) is 11.5 Å². The van der Waals surface area contributed by atoms with Crippen molar-refractivity contribution < 1.29 is 4.79 Å². The summed E-state index contributed by atoms with van der Waals surface area (Å²) >= 11 is 6.10. The molecule has 0 atom stereocenters. The third-order valence-corrected chi connectivity index (χ3v) is 2.66. The third kappa shape index (κ3) is 2.30. The largest absolute Gasteiger partial charge is 0.366 e. The maximum atomic E-state index is 11.0. The lowest BCUT2D eigenvalue weighted by Gasteiger charge is -2.05. The molecule has 2 aromatic rings. The lowest BCUT2D eigenvalue weighted by Crippen LogP contribution is -2.09. The first-order chi connectivity index (χ1) is 8.11. The van der Waals surface area contributed by atoms with E-state index in [4.69, 9.17) is 23.1 Å². The Morgan fingerprint density at radius 2 is 2.24 bits per heavy atom. The summed E-state index contributed by atoms with van der Waals surface area (Å²) in [4.78, 5) is 11.0. The van der Waals surface area contributed by atoms with E-state index in [1.54, 1.807) is 12.1 Å². The number of rotatable bonds is 3. The van der Waals surface area contributed by atoms with E-state index in [0.717, 1.165) is 5.56 Å². The number of carbonyl (C=O) groups is 1. The average Bonchev–Trinajstić information content (AvgIpc) is 2.78. The van der Waals surface area contributed by atoms with Crippen LogP contribution in [0.2, 0.25) is 5.02 Å². The van der Waals surface area contributed by atoms with E-state index >= 15 is 0 Å². The van der Waals surface area contributed by atoms with Crippen LogP contribution in [0.4, 0.5) is 0 Å². The fraction of sp³-hybridized carbons (Fsp3) is 0.0909. The number of amides is 1. The van der Waals surface area contributed by atoms with Gasteiger partial charge >= 0.3 is 0 Å². The molecule has 0 aliphatic carbocycles. The van der Waals surface area contributed by atoms with E-state index in [-0.39, 0.29) is 0 Å². The zero-order valence-corrected chi connectivity index (χ0v) is 9.69. The maximum Gasteiger partial charge on any atom is 0.251 e. The average molecular weight is 251 g/mol. The molecule has 0 radical (unpaired) electrons.